The molecular formula is C97H125N21O12S7. The van der Waals surface area contributed by atoms with Crippen LogP contribution in [-0.4, -0.2) is 245 Å². The number of aryl methyl sites for hydroxylation is 8. The number of thioether (sulfide) groups is 3. The van der Waals surface area contributed by atoms with Crippen LogP contribution in [0, 0.1) is 85.0 Å². The minimum absolute atomic E-state index is 0.00821. The second-order valence-corrected chi connectivity index (χ2v) is 46.3. The molecule has 137 heavy (non-hydrogen) atoms. The number of aliphatic hydroxyl groups is 5. The summed E-state index contributed by atoms with van der Waals surface area (Å²) in [6.07, 6.45) is 18.2. The molecule has 0 spiro atoms. The summed E-state index contributed by atoms with van der Waals surface area (Å²) in [6.45, 7) is 37.2. The number of fused-ring (bicyclic) bond motifs is 7. The van der Waals surface area contributed by atoms with Crippen LogP contribution in [0.1, 0.15) is 186 Å². The molecule has 20 rings (SSSR count). The smallest absolute Gasteiger partial charge is 0.224 e. The summed E-state index contributed by atoms with van der Waals surface area (Å²) in [5, 5.41) is 75.2. The molecule has 16 atom stereocenters. The number of pyridine rings is 4. The number of hydrogen-bond acceptors (Lipinski definition) is 40. The number of ether oxygens (including phenoxy) is 6. The molecule has 0 bridgehead atoms. The Labute approximate surface area is 826 Å². The summed E-state index contributed by atoms with van der Waals surface area (Å²) >= 11 is 11.0. The first-order valence-corrected chi connectivity index (χ1v) is 53.8. The van der Waals surface area contributed by atoms with E-state index in [1.165, 1.54) is 48.1 Å². The first-order chi connectivity index (χ1) is 65.0. The van der Waals surface area contributed by atoms with Crippen LogP contribution in [0.3, 0.4) is 0 Å². The number of nitrogens with one attached hydrogen (secondary N) is 5. The summed E-state index contributed by atoms with van der Waals surface area (Å²) < 4.78 is 42.0. The van der Waals surface area contributed by atoms with Gasteiger partial charge >= 0.3 is 0 Å². The van der Waals surface area contributed by atoms with E-state index in [-0.39, 0.29) is 90.8 Å². The van der Waals surface area contributed by atoms with Crippen molar-refractivity contribution in [2.75, 3.05) is 58.5 Å². The van der Waals surface area contributed by atoms with Crippen molar-refractivity contribution >= 4 is 157 Å². The van der Waals surface area contributed by atoms with Gasteiger partial charge in [-0.1, -0.05) is 35.3 Å². The third-order valence-corrected chi connectivity index (χ3v) is 32.1. The van der Waals surface area contributed by atoms with Gasteiger partial charge in [-0.05, 0) is 262 Å². The summed E-state index contributed by atoms with van der Waals surface area (Å²) in [4.78, 5) is 87.3. The van der Waals surface area contributed by atoms with E-state index >= 15 is 0 Å². The van der Waals surface area contributed by atoms with Crippen LogP contribution in [-0.2, 0) is 33.2 Å². The van der Waals surface area contributed by atoms with E-state index in [4.69, 9.17) is 88.2 Å². The van der Waals surface area contributed by atoms with Crippen molar-refractivity contribution in [1.82, 2.24) is 79.7 Å². The zero-order valence-electron chi connectivity index (χ0n) is 81.5. The minimum atomic E-state index is -0.977. The summed E-state index contributed by atoms with van der Waals surface area (Å²) in [5.41, 5.74) is 12.4. The van der Waals surface area contributed by atoms with Crippen LogP contribution in [0.15, 0.2) is 64.5 Å². The fourth-order valence-corrected chi connectivity index (χ4v) is 26.0. The van der Waals surface area contributed by atoms with Gasteiger partial charge in [-0.15, -0.1) is 45.3 Å². The molecule has 0 amide bonds. The van der Waals surface area contributed by atoms with Crippen molar-refractivity contribution in [3.63, 3.8) is 0 Å². The fraction of sp³-hybridized carbons (Fsp3) is 0.577. The number of anilines is 5. The molecule has 12 aromatic rings. The quantitative estimate of drug-likeness (QED) is 0.0178. The van der Waals surface area contributed by atoms with E-state index in [1.807, 2.05) is 172 Å². The zero-order chi connectivity index (χ0) is 97.6. The van der Waals surface area contributed by atoms with Crippen LogP contribution >= 0.6 is 80.6 Å². The fourth-order valence-electron chi connectivity index (χ4n) is 20.3. The van der Waals surface area contributed by atoms with Gasteiger partial charge in [-0.2, -0.15) is 4.98 Å². The Kier molecular flexibility index (Phi) is 29.5. The first kappa shape index (κ1) is 100. The summed E-state index contributed by atoms with van der Waals surface area (Å²) in [6, 6.07) is 7.46. The van der Waals surface area contributed by atoms with Gasteiger partial charge in [0.1, 0.15) is 95.6 Å². The molecular weight excluding hydrogens is 1880 g/mol. The molecule has 15 heterocycles. The Morgan fingerprint density at radius 1 is 0.416 bits per heavy atom. The average molecular weight is 2000 g/mol. The summed E-state index contributed by atoms with van der Waals surface area (Å²) in [7, 11) is 0. The molecule has 12 aromatic heterocycles. The number of carbonyl (C=O) groups excluding carboxylic acids is 1. The van der Waals surface area contributed by atoms with E-state index in [9.17, 15) is 30.3 Å². The SMILES string of the molecule is CSc1nc(C)c(-c2nc3c(C)nccc3s2)c(N[C@@H]2C[C@H](CC(C)(C)O)[C@H]3OC(C)(C)O[C@H]32)n1.CSc1nc(C)c(-c2nc3c(C)nccc3s2)c(N[C@@H]2C[C@H](CC(C)=O)[C@H]3OC(C)(C)O[C@H]32)n1.CSc1nc(C)c(-c2nc3c(C)nccc3s2)c(N[C@@H]2C[C@H](CCO)[C@H]3OC(C)(C)O[C@H]32)n1.Cc1nc(NCC2CC2)nc(N[C@@H]2C[C@H](CC(C)(C)O)[C@@H](O)[C@H]2O)c1-c1nc2c(C)nccc2s1. The molecule has 5 saturated carbocycles. The largest absolute Gasteiger partial charge is 0.396 e. The average Bonchev–Trinajstić information content (AvgIpc) is 1.60. The maximum absolute atomic E-state index is 11.9. The third-order valence-electron chi connectivity index (χ3n) is 26.3. The number of aliphatic hydroxyl groups excluding tert-OH is 3. The monoisotopic (exact) mass is 2000 g/mol. The summed E-state index contributed by atoms with van der Waals surface area (Å²) in [5.74, 6) is 2.50. The molecule has 3 aliphatic heterocycles. The normalized spacial score (nSPS) is 25.6. The molecule has 5 aliphatic carbocycles. The molecule has 732 valence electrons. The van der Waals surface area contributed by atoms with Crippen LogP contribution < -0.4 is 26.6 Å². The van der Waals surface area contributed by atoms with Gasteiger partial charge in [0.2, 0.25) is 5.95 Å². The number of thiazole rings is 4. The van der Waals surface area contributed by atoms with Gasteiger partial charge in [-0.25, -0.2) is 54.8 Å². The number of hydrogen-bond donors (Lipinski definition) is 10. The second kappa shape index (κ2) is 40.3. The Balaban J connectivity index is 0.000000127. The van der Waals surface area contributed by atoms with Crippen molar-refractivity contribution < 1.29 is 58.7 Å². The highest BCUT2D eigenvalue weighted by molar-refractivity contribution is 7.98. The lowest BCUT2D eigenvalue weighted by atomic mass is 9.90. The zero-order valence-corrected chi connectivity index (χ0v) is 87.2. The molecule has 8 aliphatic rings. The Hall–Kier alpha value is -8.24. The van der Waals surface area contributed by atoms with Crippen molar-refractivity contribution in [2.45, 2.75) is 313 Å². The van der Waals surface area contributed by atoms with Gasteiger partial charge in [0.05, 0.1) is 146 Å². The lowest BCUT2D eigenvalue weighted by Gasteiger charge is -2.27. The lowest BCUT2D eigenvalue weighted by Crippen LogP contribution is -2.36. The molecule has 0 aromatic carbocycles. The van der Waals surface area contributed by atoms with Gasteiger partial charge in [0.25, 0.3) is 0 Å². The number of ketones is 1. The van der Waals surface area contributed by atoms with Crippen molar-refractivity contribution in [1.29, 1.82) is 0 Å². The highest BCUT2D eigenvalue weighted by Crippen LogP contribution is 2.52. The molecule has 33 nitrogen and oxygen atoms in total. The van der Waals surface area contributed by atoms with Crippen molar-refractivity contribution in [2.24, 2.45) is 29.6 Å². The van der Waals surface area contributed by atoms with Gasteiger partial charge < -0.3 is 85.3 Å². The van der Waals surface area contributed by atoms with E-state index in [0.29, 0.717) is 65.3 Å². The first-order valence-electron chi connectivity index (χ1n) is 46.8. The van der Waals surface area contributed by atoms with Crippen LogP contribution in [0.4, 0.5) is 29.2 Å². The lowest BCUT2D eigenvalue weighted by molar-refractivity contribution is -0.159. The van der Waals surface area contributed by atoms with E-state index in [1.54, 1.807) is 72.3 Å². The van der Waals surface area contributed by atoms with Gasteiger partial charge in [0.15, 0.2) is 32.8 Å². The van der Waals surface area contributed by atoms with E-state index < -0.39 is 46.8 Å². The number of Topliss-reactive ketones (excluding diaryl/α,β-unsaturated/α-hetero) is 1. The topological polar surface area (TPSA) is 440 Å². The Bertz CT molecular complexity index is 6440. The molecule has 0 unspecified atom stereocenters. The molecule has 10 N–H and O–H groups in total. The van der Waals surface area contributed by atoms with Crippen LogP contribution in [0.5, 0.6) is 0 Å². The molecule has 40 heteroatoms. The predicted octanol–water partition coefficient (Wildman–Crippen LogP) is 17.2. The third kappa shape index (κ3) is 22.3. The van der Waals surface area contributed by atoms with Gasteiger partial charge in [-0.3, -0.25) is 19.9 Å². The van der Waals surface area contributed by atoms with Crippen molar-refractivity contribution in [3.8, 4) is 42.3 Å². The number of rotatable bonds is 26. The molecule has 0 radical (unpaired) electrons. The standard InChI is InChI=1S/C25H34N6O3S.C25H33N5O3S2.C24H29N5O3S2.C23H29N5O3S2/c1-12-18(23-30-19-13(2)26-8-7-17(19)35-23)22(31-24(28-12)27-11-14-5-6-14)29-16-9-15(10-25(3,4)34)20(32)21(16)33;1-12-17(22-29-18-13(2)26-9-8-16(18)35-22)21(30-23(27-12)34-7)28-15-10-14(11-24(3,4)31)19-20(15)33-25(5,6)32-19;1-11(30)9-14-10-15(20-19(14)31-24(4,5)32-20)27-21-17(12(2)26-23(29-21)33-6)22-28-18-13(3)25-8-7-16(18)34-22;1-11-16(21-27-17-12(2)24-8-6-15(17)33-21)20(28-22(25-11)32-5)26-14-10-13(7-9-29)18-19(14)31-23(3,4)30-18/h7-8,14-16,20-21,32-34H,5-6,9-11H2,1-4H3,(H2,27,28,29,31);8-9,14-15,19-20,31H,10-11H2,1-7H3,(H,27,28,30);7-8,14-15,19-20H,9-10H2,1-6H3,(H,26,27,29);6,8,13-14,18-19,29H,7,9-10H2,1-5H3,(H,25,26,28)/t15-,16-,20-,21+;14-,15-,19-,20+;14-,15+,19+,20-;13-,14+,18+,19-/m1100/s1. The highest BCUT2D eigenvalue weighted by Gasteiger charge is 2.58. The Morgan fingerprint density at radius 3 is 1.07 bits per heavy atom. The predicted molar refractivity (Wildman–Crippen MR) is 543 cm³/mol. The van der Waals surface area contributed by atoms with Crippen LogP contribution in [0.25, 0.3) is 83.2 Å². The number of aromatic nitrogens is 16. The maximum atomic E-state index is 11.9. The second-order valence-electron chi connectivity index (χ2n) is 39.9. The Morgan fingerprint density at radius 2 is 0.730 bits per heavy atom. The molecule has 8 fully saturated rings. The van der Waals surface area contributed by atoms with E-state index in [2.05, 4.69) is 46.5 Å². The van der Waals surface area contributed by atoms with E-state index in [0.717, 1.165) is 172 Å². The molecule has 3 saturated heterocycles. The number of carbonyl (C=O) groups is 1. The minimum Gasteiger partial charge on any atom is -0.396 e. The maximum Gasteiger partial charge on any atom is 0.224 e. The van der Waals surface area contributed by atoms with Gasteiger partial charge in [0, 0.05) is 44.4 Å². The van der Waals surface area contributed by atoms with Crippen LogP contribution in [0.2, 0.25) is 0 Å². The number of nitrogens with zero attached hydrogens (tertiary/aromatic N) is 16. The van der Waals surface area contributed by atoms with Crippen molar-refractivity contribution in [3.05, 3.63) is 94.6 Å². The highest BCUT2D eigenvalue weighted by atomic mass is 32.2.